The third-order valence-corrected chi connectivity index (χ3v) is 2.75. The second-order valence-electron chi connectivity index (χ2n) is 3.70. The summed E-state index contributed by atoms with van der Waals surface area (Å²) in [6.07, 6.45) is 2.63. The zero-order chi connectivity index (χ0) is 13.8. The molecule has 2 rings (SSSR count). The summed E-state index contributed by atoms with van der Waals surface area (Å²) in [5.74, 6) is -0.104. The molecule has 0 bridgehead atoms. The maximum atomic E-state index is 11.9. The number of nitrogens with one attached hydrogen (secondary N) is 1. The Labute approximate surface area is 114 Å². The van der Waals surface area contributed by atoms with Crippen LogP contribution in [-0.2, 0) is 0 Å². The SMILES string of the molecule is COc1ccc(NC(=O)c2ccncc2O)cc1Cl. The number of aromatic nitrogens is 1. The lowest BCUT2D eigenvalue weighted by atomic mass is 10.2. The molecule has 0 fully saturated rings. The summed E-state index contributed by atoms with van der Waals surface area (Å²) in [6.45, 7) is 0. The molecule has 2 aromatic rings. The maximum absolute atomic E-state index is 11.9. The predicted octanol–water partition coefficient (Wildman–Crippen LogP) is 2.70. The van der Waals surface area contributed by atoms with Crippen molar-refractivity contribution < 1.29 is 14.6 Å². The van der Waals surface area contributed by atoms with E-state index in [1.165, 1.54) is 25.6 Å². The number of carbonyl (C=O) groups is 1. The molecular formula is C13H11ClN2O3. The molecule has 98 valence electrons. The summed E-state index contributed by atoms with van der Waals surface area (Å²) in [5, 5.41) is 12.5. The Kier molecular flexibility index (Phi) is 3.87. The fraction of sp³-hybridized carbons (Fsp3) is 0.0769. The van der Waals surface area contributed by atoms with Gasteiger partial charge in [-0.05, 0) is 24.3 Å². The first-order valence-electron chi connectivity index (χ1n) is 5.39. The Bertz CT molecular complexity index is 617. The Morgan fingerprint density at radius 3 is 2.84 bits per heavy atom. The molecule has 0 saturated heterocycles. The molecule has 0 aliphatic heterocycles. The Morgan fingerprint density at radius 1 is 1.42 bits per heavy atom. The van der Waals surface area contributed by atoms with Crippen LogP contribution in [0.5, 0.6) is 11.5 Å². The number of nitrogens with zero attached hydrogens (tertiary/aromatic N) is 1. The first-order valence-corrected chi connectivity index (χ1v) is 5.77. The minimum absolute atomic E-state index is 0.141. The summed E-state index contributed by atoms with van der Waals surface area (Å²) in [5.41, 5.74) is 0.647. The first-order chi connectivity index (χ1) is 9.11. The summed E-state index contributed by atoms with van der Waals surface area (Å²) < 4.78 is 5.02. The van der Waals surface area contributed by atoms with Gasteiger partial charge in [-0.2, -0.15) is 0 Å². The van der Waals surface area contributed by atoms with Gasteiger partial charge in [-0.25, -0.2) is 0 Å². The Balaban J connectivity index is 2.20. The maximum Gasteiger partial charge on any atom is 0.259 e. The number of pyridine rings is 1. The standard InChI is InChI=1S/C13H11ClN2O3/c1-19-12-3-2-8(6-10(12)14)16-13(18)9-4-5-15-7-11(9)17/h2-7,17H,1H3,(H,16,18). The van der Waals surface area contributed by atoms with Crippen LogP contribution in [0.2, 0.25) is 5.02 Å². The molecule has 2 N–H and O–H groups in total. The summed E-state index contributed by atoms with van der Waals surface area (Å²) >= 11 is 5.95. The van der Waals surface area contributed by atoms with E-state index in [9.17, 15) is 9.90 Å². The molecule has 0 aliphatic carbocycles. The second kappa shape index (κ2) is 5.58. The third kappa shape index (κ3) is 2.95. The highest BCUT2D eigenvalue weighted by molar-refractivity contribution is 6.32. The van der Waals surface area contributed by atoms with Gasteiger partial charge < -0.3 is 15.2 Å². The first kappa shape index (κ1) is 13.2. The van der Waals surface area contributed by atoms with Crippen molar-refractivity contribution in [1.82, 2.24) is 4.98 Å². The van der Waals surface area contributed by atoms with Crippen molar-refractivity contribution in [3.63, 3.8) is 0 Å². The number of anilines is 1. The van der Waals surface area contributed by atoms with Crippen LogP contribution in [0.3, 0.4) is 0 Å². The number of amides is 1. The van der Waals surface area contributed by atoms with Crippen molar-refractivity contribution >= 4 is 23.2 Å². The van der Waals surface area contributed by atoms with Crippen molar-refractivity contribution in [2.75, 3.05) is 12.4 Å². The Hall–Kier alpha value is -2.27. The molecule has 0 spiro atoms. The number of methoxy groups -OCH3 is 1. The average Bonchev–Trinajstić information content (AvgIpc) is 2.39. The van der Waals surface area contributed by atoms with E-state index in [1.54, 1.807) is 18.2 Å². The molecule has 0 radical (unpaired) electrons. The van der Waals surface area contributed by atoms with Crippen LogP contribution >= 0.6 is 11.6 Å². The molecule has 0 saturated carbocycles. The minimum Gasteiger partial charge on any atom is -0.505 e. The van der Waals surface area contributed by atoms with Crippen LogP contribution in [-0.4, -0.2) is 23.1 Å². The molecule has 1 amide bonds. The smallest absolute Gasteiger partial charge is 0.259 e. The van der Waals surface area contributed by atoms with Gasteiger partial charge >= 0.3 is 0 Å². The highest BCUT2D eigenvalue weighted by atomic mass is 35.5. The number of ether oxygens (including phenoxy) is 1. The van der Waals surface area contributed by atoms with Crippen LogP contribution in [0.15, 0.2) is 36.7 Å². The van der Waals surface area contributed by atoms with Crippen LogP contribution in [0.1, 0.15) is 10.4 Å². The summed E-state index contributed by atoms with van der Waals surface area (Å²) in [7, 11) is 1.51. The van der Waals surface area contributed by atoms with E-state index in [0.29, 0.717) is 16.5 Å². The van der Waals surface area contributed by atoms with Crippen LogP contribution in [0.4, 0.5) is 5.69 Å². The van der Waals surface area contributed by atoms with E-state index < -0.39 is 5.91 Å². The highest BCUT2D eigenvalue weighted by Gasteiger charge is 2.11. The van der Waals surface area contributed by atoms with Crippen molar-refractivity contribution in [2.24, 2.45) is 0 Å². The van der Waals surface area contributed by atoms with Gasteiger partial charge in [-0.1, -0.05) is 11.6 Å². The fourth-order valence-corrected chi connectivity index (χ4v) is 1.78. The van der Waals surface area contributed by atoms with E-state index in [4.69, 9.17) is 16.3 Å². The van der Waals surface area contributed by atoms with Crippen LogP contribution < -0.4 is 10.1 Å². The monoisotopic (exact) mass is 278 g/mol. The van der Waals surface area contributed by atoms with Crippen LogP contribution in [0.25, 0.3) is 0 Å². The molecule has 0 unspecified atom stereocenters. The molecule has 6 heteroatoms. The van der Waals surface area contributed by atoms with Gasteiger partial charge in [0.15, 0.2) is 0 Å². The van der Waals surface area contributed by atoms with Crippen molar-refractivity contribution in [3.05, 3.63) is 47.2 Å². The molecule has 19 heavy (non-hydrogen) atoms. The van der Waals surface area contributed by atoms with Gasteiger partial charge in [0.2, 0.25) is 0 Å². The minimum atomic E-state index is -0.443. The lowest BCUT2D eigenvalue weighted by Gasteiger charge is -2.08. The van der Waals surface area contributed by atoms with Gasteiger partial charge in [0.05, 0.1) is 23.9 Å². The third-order valence-electron chi connectivity index (χ3n) is 2.45. The lowest BCUT2D eigenvalue weighted by molar-refractivity contribution is 0.102. The van der Waals surface area contributed by atoms with Crippen molar-refractivity contribution in [3.8, 4) is 11.5 Å². The molecule has 0 aliphatic rings. The zero-order valence-corrected chi connectivity index (χ0v) is 10.8. The number of benzene rings is 1. The summed E-state index contributed by atoms with van der Waals surface area (Å²) in [4.78, 5) is 15.6. The molecule has 1 aromatic heterocycles. The number of aromatic hydroxyl groups is 1. The van der Waals surface area contributed by atoms with E-state index in [0.717, 1.165) is 0 Å². The quantitative estimate of drug-likeness (QED) is 0.905. The largest absolute Gasteiger partial charge is 0.505 e. The average molecular weight is 279 g/mol. The van der Waals surface area contributed by atoms with E-state index >= 15 is 0 Å². The number of carbonyl (C=O) groups excluding carboxylic acids is 1. The van der Waals surface area contributed by atoms with Gasteiger partial charge in [0.25, 0.3) is 5.91 Å². The predicted molar refractivity (Wildman–Crippen MR) is 71.9 cm³/mol. The Morgan fingerprint density at radius 2 is 2.21 bits per heavy atom. The molecular weight excluding hydrogens is 268 g/mol. The number of hydrogen-bond acceptors (Lipinski definition) is 4. The zero-order valence-electron chi connectivity index (χ0n) is 10.1. The van der Waals surface area contributed by atoms with E-state index in [1.807, 2.05) is 0 Å². The second-order valence-corrected chi connectivity index (χ2v) is 4.10. The van der Waals surface area contributed by atoms with E-state index in [-0.39, 0.29) is 11.3 Å². The van der Waals surface area contributed by atoms with Crippen LogP contribution in [0, 0.1) is 0 Å². The van der Waals surface area contributed by atoms with Gasteiger partial charge in [0, 0.05) is 11.9 Å². The number of hydrogen-bond donors (Lipinski definition) is 2. The summed E-state index contributed by atoms with van der Waals surface area (Å²) in [6, 6.07) is 6.29. The van der Waals surface area contributed by atoms with Crippen molar-refractivity contribution in [2.45, 2.75) is 0 Å². The molecule has 1 aromatic carbocycles. The molecule has 0 atom stereocenters. The fourth-order valence-electron chi connectivity index (χ4n) is 1.52. The topological polar surface area (TPSA) is 71.5 Å². The van der Waals surface area contributed by atoms with Crippen molar-refractivity contribution in [1.29, 1.82) is 0 Å². The highest BCUT2D eigenvalue weighted by Crippen LogP contribution is 2.27. The molecule has 5 nitrogen and oxygen atoms in total. The number of halogens is 1. The van der Waals surface area contributed by atoms with E-state index in [2.05, 4.69) is 10.3 Å². The number of rotatable bonds is 3. The molecule has 1 heterocycles. The van der Waals surface area contributed by atoms with Gasteiger partial charge in [-0.3, -0.25) is 9.78 Å². The van der Waals surface area contributed by atoms with Gasteiger partial charge in [0.1, 0.15) is 11.5 Å². The van der Waals surface area contributed by atoms with Gasteiger partial charge in [-0.15, -0.1) is 0 Å². The lowest BCUT2D eigenvalue weighted by Crippen LogP contribution is -2.12. The normalized spacial score (nSPS) is 10.0.